The number of benzene rings is 2. The van der Waals surface area contributed by atoms with E-state index in [2.05, 4.69) is 0 Å². The smallest absolute Gasteiger partial charge is 0.338 e. The number of ether oxygens (including phenoxy) is 1. The third-order valence-corrected chi connectivity index (χ3v) is 7.45. The van der Waals surface area contributed by atoms with Crippen LogP contribution in [0.5, 0.6) is 0 Å². The average Bonchev–Trinajstić information content (AvgIpc) is 3.59. The van der Waals surface area contributed by atoms with Crippen molar-refractivity contribution in [3.8, 4) is 0 Å². The topological polar surface area (TPSA) is 105 Å². The van der Waals surface area contributed by atoms with Crippen LogP contribution < -0.4 is 0 Å². The first-order valence-corrected chi connectivity index (χ1v) is 13.1. The molecular weight excluding hydrogens is 492 g/mol. The highest BCUT2D eigenvalue weighted by atomic mass is 32.2. The number of rotatable bonds is 7. The number of aliphatic imine (C=N–C) groups is 1. The van der Waals surface area contributed by atoms with E-state index >= 15 is 0 Å². The van der Waals surface area contributed by atoms with Gasteiger partial charge in [-0.1, -0.05) is 42.1 Å². The highest BCUT2D eigenvalue weighted by Crippen LogP contribution is 2.47. The monoisotopic (exact) mass is 518 g/mol. The van der Waals surface area contributed by atoms with E-state index in [0.29, 0.717) is 22.0 Å². The zero-order chi connectivity index (χ0) is 25.9. The molecule has 3 heterocycles. The van der Waals surface area contributed by atoms with Crippen LogP contribution in [0.1, 0.15) is 43.4 Å². The number of thioether (sulfide) groups is 1. The van der Waals surface area contributed by atoms with Crippen molar-refractivity contribution < 1.29 is 19.2 Å². The molecule has 0 radical (unpaired) electrons. The van der Waals surface area contributed by atoms with Crippen LogP contribution in [0.2, 0.25) is 0 Å². The molecule has 0 spiro atoms. The van der Waals surface area contributed by atoms with E-state index in [-0.39, 0.29) is 24.6 Å². The second-order valence-electron chi connectivity index (χ2n) is 8.86. The highest BCUT2D eigenvalue weighted by molar-refractivity contribution is 8.16. The number of hydrogen-bond acceptors (Lipinski definition) is 8. The van der Waals surface area contributed by atoms with Crippen molar-refractivity contribution in [3.05, 3.63) is 92.5 Å². The number of likely N-dealkylation sites (tertiary alicyclic amines) is 1. The largest absolute Gasteiger partial charge is 0.463 e. The first-order valence-electron chi connectivity index (χ1n) is 12.2. The van der Waals surface area contributed by atoms with Gasteiger partial charge in [0.15, 0.2) is 5.17 Å². The summed E-state index contributed by atoms with van der Waals surface area (Å²) in [6.07, 6.45) is 2.17. The molecule has 1 amide bonds. The Morgan fingerprint density at radius 3 is 2.46 bits per heavy atom. The van der Waals surface area contributed by atoms with Gasteiger partial charge >= 0.3 is 5.97 Å². The van der Waals surface area contributed by atoms with Crippen molar-refractivity contribution in [1.29, 1.82) is 0 Å². The lowest BCUT2D eigenvalue weighted by Gasteiger charge is -2.37. The van der Waals surface area contributed by atoms with Crippen LogP contribution in [0.25, 0.3) is 5.70 Å². The number of nitro benzene ring substituents is 1. The number of amidine groups is 1. The molecule has 190 valence electrons. The van der Waals surface area contributed by atoms with Crippen molar-refractivity contribution in [1.82, 2.24) is 9.80 Å². The Hall–Kier alpha value is -3.92. The molecule has 2 aromatic carbocycles. The molecule has 0 N–H and O–H groups in total. The van der Waals surface area contributed by atoms with Gasteiger partial charge in [-0.3, -0.25) is 14.9 Å². The maximum atomic E-state index is 13.5. The van der Waals surface area contributed by atoms with Gasteiger partial charge in [-0.05, 0) is 42.9 Å². The lowest BCUT2D eigenvalue weighted by atomic mass is 9.91. The van der Waals surface area contributed by atoms with E-state index in [1.807, 2.05) is 45.5 Å². The summed E-state index contributed by atoms with van der Waals surface area (Å²) in [5.74, 6) is -0.488. The van der Waals surface area contributed by atoms with Crippen LogP contribution in [0.4, 0.5) is 5.69 Å². The quantitative estimate of drug-likeness (QED) is 0.292. The lowest BCUT2D eigenvalue weighted by Crippen LogP contribution is -2.38. The molecule has 3 aliphatic heterocycles. The maximum absolute atomic E-state index is 13.5. The van der Waals surface area contributed by atoms with E-state index < -0.39 is 16.9 Å². The van der Waals surface area contributed by atoms with Crippen LogP contribution in [0.15, 0.2) is 76.3 Å². The summed E-state index contributed by atoms with van der Waals surface area (Å²) in [5.41, 5.74) is 2.92. The normalized spacial score (nSPS) is 18.9. The predicted molar refractivity (Wildman–Crippen MR) is 141 cm³/mol. The fourth-order valence-corrected chi connectivity index (χ4v) is 5.73. The van der Waals surface area contributed by atoms with Crippen LogP contribution in [0.3, 0.4) is 0 Å². The standard InChI is InChI=1S/C27H26N4O5S/c1-2-36-26(33)23-24(18-8-4-3-5-9-18)28-27-30(25(23)19-10-12-20(13-11-19)31(34)35)21(17-37-27)16-22(32)29-14-6-7-15-29/h3-5,8-13,17,25H,2,6-7,14-16H2,1H3. The molecule has 1 atom stereocenters. The number of fused-ring (bicyclic) bond motifs is 1. The van der Waals surface area contributed by atoms with Gasteiger partial charge in [0.1, 0.15) is 0 Å². The molecular formula is C27H26N4O5S. The fourth-order valence-electron chi connectivity index (χ4n) is 4.82. The fraction of sp³-hybridized carbons (Fsp3) is 0.296. The zero-order valence-electron chi connectivity index (χ0n) is 20.3. The summed E-state index contributed by atoms with van der Waals surface area (Å²) >= 11 is 1.40. The number of esters is 1. The number of amides is 1. The van der Waals surface area contributed by atoms with E-state index in [4.69, 9.17) is 9.73 Å². The van der Waals surface area contributed by atoms with Gasteiger partial charge in [0.2, 0.25) is 5.91 Å². The second-order valence-corrected chi connectivity index (χ2v) is 9.69. The molecule has 0 aliphatic carbocycles. The van der Waals surface area contributed by atoms with Crippen LogP contribution in [0, 0.1) is 10.1 Å². The van der Waals surface area contributed by atoms with Crippen LogP contribution >= 0.6 is 11.8 Å². The number of nitrogens with zero attached hydrogens (tertiary/aromatic N) is 4. The Bertz CT molecular complexity index is 1310. The summed E-state index contributed by atoms with van der Waals surface area (Å²) < 4.78 is 5.49. The molecule has 10 heteroatoms. The summed E-state index contributed by atoms with van der Waals surface area (Å²) in [6.45, 7) is 3.42. The minimum atomic E-state index is -0.671. The van der Waals surface area contributed by atoms with E-state index in [1.54, 1.807) is 19.1 Å². The minimum Gasteiger partial charge on any atom is -0.463 e. The maximum Gasteiger partial charge on any atom is 0.338 e. The van der Waals surface area contributed by atoms with Crippen molar-refractivity contribution in [2.45, 2.75) is 32.2 Å². The molecule has 1 fully saturated rings. The van der Waals surface area contributed by atoms with Crippen molar-refractivity contribution >= 4 is 40.2 Å². The predicted octanol–water partition coefficient (Wildman–Crippen LogP) is 4.88. The number of hydrogen-bond donors (Lipinski definition) is 0. The Morgan fingerprint density at radius 1 is 1.11 bits per heavy atom. The van der Waals surface area contributed by atoms with Crippen LogP contribution in [-0.4, -0.2) is 51.5 Å². The molecule has 9 nitrogen and oxygen atoms in total. The summed E-state index contributed by atoms with van der Waals surface area (Å²) in [6, 6.07) is 14.9. The van der Waals surface area contributed by atoms with Crippen molar-refractivity contribution in [3.63, 3.8) is 0 Å². The average molecular weight is 519 g/mol. The molecule has 1 unspecified atom stereocenters. The van der Waals surface area contributed by atoms with E-state index in [1.165, 1.54) is 23.9 Å². The number of carbonyl (C=O) groups excluding carboxylic acids is 2. The molecule has 0 saturated carbocycles. The molecule has 2 aromatic rings. The Kier molecular flexibility index (Phi) is 7.09. The molecule has 3 aliphatic rings. The SMILES string of the molecule is CCOC(=O)C1=C(c2ccccc2)N=C2SC=C(CC(=O)N3CCCC3)N2C1c1ccc([N+](=O)[O-])cc1. The van der Waals surface area contributed by atoms with E-state index in [9.17, 15) is 19.7 Å². The van der Waals surface area contributed by atoms with Gasteiger partial charge in [0.25, 0.3) is 5.69 Å². The highest BCUT2D eigenvalue weighted by Gasteiger charge is 2.42. The summed E-state index contributed by atoms with van der Waals surface area (Å²) in [4.78, 5) is 46.0. The summed E-state index contributed by atoms with van der Waals surface area (Å²) in [5, 5.41) is 13.8. The molecule has 0 aromatic heterocycles. The second kappa shape index (κ2) is 10.6. The van der Waals surface area contributed by atoms with Gasteiger partial charge < -0.3 is 14.5 Å². The van der Waals surface area contributed by atoms with Gasteiger partial charge in [0.05, 0.1) is 35.3 Å². The lowest BCUT2D eigenvalue weighted by molar-refractivity contribution is -0.384. The summed E-state index contributed by atoms with van der Waals surface area (Å²) in [7, 11) is 0. The number of carbonyl (C=O) groups is 2. The zero-order valence-corrected chi connectivity index (χ0v) is 21.1. The van der Waals surface area contributed by atoms with Gasteiger partial charge in [-0.2, -0.15) is 0 Å². The molecule has 37 heavy (non-hydrogen) atoms. The van der Waals surface area contributed by atoms with Gasteiger partial charge in [-0.15, -0.1) is 0 Å². The Balaban J connectivity index is 1.63. The van der Waals surface area contributed by atoms with E-state index in [0.717, 1.165) is 37.2 Å². The van der Waals surface area contributed by atoms with Crippen LogP contribution in [-0.2, 0) is 14.3 Å². The minimum absolute atomic E-state index is 0.0311. The van der Waals surface area contributed by atoms with Crippen molar-refractivity contribution in [2.75, 3.05) is 19.7 Å². The Morgan fingerprint density at radius 2 is 1.81 bits per heavy atom. The number of nitro groups is 1. The van der Waals surface area contributed by atoms with Gasteiger partial charge in [0, 0.05) is 36.5 Å². The third kappa shape index (κ3) is 4.89. The third-order valence-electron chi connectivity index (χ3n) is 6.56. The Labute approximate surface area is 218 Å². The molecule has 5 rings (SSSR count). The first-order chi connectivity index (χ1) is 18.0. The van der Waals surface area contributed by atoms with Crippen molar-refractivity contribution in [2.24, 2.45) is 4.99 Å². The van der Waals surface area contributed by atoms with Gasteiger partial charge in [-0.25, -0.2) is 9.79 Å². The first kappa shape index (κ1) is 24.8. The molecule has 0 bridgehead atoms. The number of non-ortho nitro benzene ring substituents is 1. The molecule has 1 saturated heterocycles.